The maximum atomic E-state index is 14.7. The van der Waals surface area contributed by atoms with Crippen LogP contribution in [0.3, 0.4) is 0 Å². The van der Waals surface area contributed by atoms with E-state index in [2.05, 4.69) is 15.1 Å². The summed E-state index contributed by atoms with van der Waals surface area (Å²) < 4.78 is 50.1. The van der Waals surface area contributed by atoms with Crippen molar-refractivity contribution in [2.24, 2.45) is 13.0 Å². The van der Waals surface area contributed by atoms with Gasteiger partial charge >= 0.3 is 0 Å². The van der Waals surface area contributed by atoms with E-state index in [0.29, 0.717) is 48.5 Å². The molecule has 2 saturated heterocycles. The van der Waals surface area contributed by atoms with Crippen LogP contribution < -0.4 is 0 Å². The lowest BCUT2D eigenvalue weighted by Gasteiger charge is -2.30. The van der Waals surface area contributed by atoms with Crippen LogP contribution in [0.15, 0.2) is 23.5 Å². The van der Waals surface area contributed by atoms with Crippen LogP contribution in [-0.4, -0.2) is 58.3 Å². The number of ether oxygens (including phenoxy) is 1. The molecule has 0 unspecified atom stereocenters. The van der Waals surface area contributed by atoms with Crippen molar-refractivity contribution in [2.45, 2.75) is 30.8 Å². The first-order valence-corrected chi connectivity index (χ1v) is 11.1. The monoisotopic (exact) mass is 419 g/mol. The van der Waals surface area contributed by atoms with Gasteiger partial charge in [-0.3, -0.25) is 4.68 Å². The van der Waals surface area contributed by atoms with E-state index < -0.39 is 15.8 Å². The Hall–Kier alpha value is -2.30. The molecule has 2 aliphatic heterocycles. The third-order valence-corrected chi connectivity index (χ3v) is 7.82. The van der Waals surface area contributed by atoms with Crippen LogP contribution in [0.4, 0.5) is 4.39 Å². The van der Waals surface area contributed by atoms with Crippen molar-refractivity contribution in [3.8, 4) is 11.4 Å². The summed E-state index contributed by atoms with van der Waals surface area (Å²) in [7, 11) is -2.04. The highest BCUT2D eigenvalue weighted by Gasteiger charge is 2.43. The summed E-state index contributed by atoms with van der Waals surface area (Å²) in [6.45, 7) is 3.37. The minimum atomic E-state index is -3.78. The number of hydrogen-bond donors (Lipinski definition) is 1. The SMILES string of the molecule is Cc1cc(F)c2[nH]c(S(=O)(=O)N3CC[C@H]4COCC[C@H]43)cc2c1-c1ncn(C)n1. The molecule has 0 radical (unpaired) electrons. The molecule has 29 heavy (non-hydrogen) atoms. The van der Waals surface area contributed by atoms with E-state index >= 15 is 0 Å². The number of H-pyrrole nitrogens is 1. The molecule has 2 aliphatic rings. The van der Waals surface area contributed by atoms with Crippen molar-refractivity contribution >= 4 is 20.9 Å². The molecule has 4 heterocycles. The lowest BCUT2D eigenvalue weighted by Crippen LogP contribution is -2.41. The molecule has 8 nitrogen and oxygen atoms in total. The topological polar surface area (TPSA) is 93.1 Å². The van der Waals surface area contributed by atoms with Crippen LogP contribution in [0, 0.1) is 18.7 Å². The van der Waals surface area contributed by atoms with Crippen molar-refractivity contribution in [3.63, 3.8) is 0 Å². The molecule has 5 rings (SSSR count). The summed E-state index contributed by atoms with van der Waals surface area (Å²) in [5, 5.41) is 4.79. The van der Waals surface area contributed by atoms with E-state index in [1.807, 2.05) is 0 Å². The first kappa shape index (κ1) is 18.7. The molecule has 10 heteroatoms. The number of halogens is 1. The first-order valence-electron chi connectivity index (χ1n) is 9.63. The Labute approximate surface area is 167 Å². The second kappa shape index (κ2) is 6.61. The van der Waals surface area contributed by atoms with Crippen molar-refractivity contribution < 1.29 is 17.5 Å². The fourth-order valence-electron chi connectivity index (χ4n) is 4.58. The van der Waals surface area contributed by atoms with Crippen LogP contribution >= 0.6 is 0 Å². The number of benzene rings is 1. The molecule has 0 saturated carbocycles. The van der Waals surface area contributed by atoms with Crippen LogP contribution in [0.2, 0.25) is 0 Å². The number of sulfonamides is 1. The smallest absolute Gasteiger partial charge is 0.258 e. The molecular weight excluding hydrogens is 397 g/mol. The van der Waals surface area contributed by atoms with E-state index in [0.717, 1.165) is 6.42 Å². The maximum Gasteiger partial charge on any atom is 0.258 e. The highest BCUT2D eigenvalue weighted by atomic mass is 32.2. The first-order chi connectivity index (χ1) is 13.9. The van der Waals surface area contributed by atoms with Crippen LogP contribution in [0.5, 0.6) is 0 Å². The van der Waals surface area contributed by atoms with Gasteiger partial charge in [-0.25, -0.2) is 17.8 Å². The number of aromatic amines is 1. The van der Waals surface area contributed by atoms with Crippen molar-refractivity contribution in [1.82, 2.24) is 24.1 Å². The Morgan fingerprint density at radius 1 is 1.31 bits per heavy atom. The highest BCUT2D eigenvalue weighted by molar-refractivity contribution is 7.89. The summed E-state index contributed by atoms with van der Waals surface area (Å²) in [6.07, 6.45) is 3.02. The number of nitrogens with zero attached hydrogens (tertiary/aromatic N) is 4. The Bertz CT molecular complexity index is 1200. The van der Waals surface area contributed by atoms with Crippen molar-refractivity contribution in [1.29, 1.82) is 0 Å². The number of hydrogen-bond acceptors (Lipinski definition) is 5. The third-order valence-electron chi connectivity index (χ3n) is 5.97. The lowest BCUT2D eigenvalue weighted by molar-refractivity contribution is 0.0364. The normalized spacial score (nSPS) is 23.0. The molecule has 2 atom stereocenters. The van der Waals surface area contributed by atoms with E-state index in [9.17, 15) is 12.8 Å². The summed E-state index contributed by atoms with van der Waals surface area (Å²) in [4.78, 5) is 7.09. The molecule has 2 fully saturated rings. The van der Waals surface area contributed by atoms with Gasteiger partial charge in [0.1, 0.15) is 17.2 Å². The predicted octanol–water partition coefficient (Wildman–Crippen LogP) is 2.21. The van der Waals surface area contributed by atoms with Gasteiger partial charge in [0.05, 0.1) is 12.1 Å². The Balaban J connectivity index is 1.64. The quantitative estimate of drug-likeness (QED) is 0.703. The number of nitrogens with one attached hydrogen (secondary N) is 1. The molecule has 0 bridgehead atoms. The van der Waals surface area contributed by atoms with E-state index in [1.54, 1.807) is 29.3 Å². The molecule has 1 N–H and O–H groups in total. The van der Waals surface area contributed by atoms with Gasteiger partial charge in [-0.15, -0.1) is 0 Å². The zero-order valence-corrected chi connectivity index (χ0v) is 17.0. The van der Waals surface area contributed by atoms with Crippen LogP contribution in [0.25, 0.3) is 22.3 Å². The Morgan fingerprint density at radius 3 is 2.90 bits per heavy atom. The second-order valence-corrected chi connectivity index (χ2v) is 9.67. The predicted molar refractivity (Wildman–Crippen MR) is 104 cm³/mol. The molecule has 2 aromatic heterocycles. The Kier molecular flexibility index (Phi) is 4.27. The fraction of sp³-hybridized carbons (Fsp3) is 0.474. The zero-order chi connectivity index (χ0) is 20.3. The number of fused-ring (bicyclic) bond motifs is 2. The van der Waals surface area contributed by atoms with Crippen molar-refractivity contribution in [2.75, 3.05) is 19.8 Å². The average Bonchev–Trinajstić information content (AvgIpc) is 3.40. The number of aromatic nitrogens is 4. The molecular formula is C19H22FN5O3S. The minimum Gasteiger partial charge on any atom is -0.381 e. The van der Waals surface area contributed by atoms with Gasteiger partial charge < -0.3 is 9.72 Å². The van der Waals surface area contributed by atoms with Crippen LogP contribution in [-0.2, 0) is 21.8 Å². The van der Waals surface area contributed by atoms with Gasteiger partial charge in [-0.1, -0.05) is 0 Å². The van der Waals surface area contributed by atoms with Gasteiger partial charge in [-0.2, -0.15) is 9.40 Å². The van der Waals surface area contributed by atoms with E-state index in [4.69, 9.17) is 4.74 Å². The second-order valence-electron chi connectivity index (χ2n) is 7.81. The standard InChI is InChI=1S/C19H22FN5O3S/c1-11-7-14(20)18-13(17(11)19-21-10-24(2)23-19)8-16(22-18)29(26,27)25-5-3-12-9-28-6-4-15(12)25/h7-8,10,12,15,22H,3-6,9H2,1-2H3/t12-,15+/m0/s1. The molecule has 0 amide bonds. The highest BCUT2D eigenvalue weighted by Crippen LogP contribution is 2.37. The summed E-state index contributed by atoms with van der Waals surface area (Å²) in [6, 6.07) is 2.83. The van der Waals surface area contributed by atoms with E-state index in [1.165, 1.54) is 12.1 Å². The number of aryl methyl sites for hydroxylation is 2. The molecule has 154 valence electrons. The summed E-state index contributed by atoms with van der Waals surface area (Å²) in [5.74, 6) is 0.155. The largest absolute Gasteiger partial charge is 0.381 e. The lowest BCUT2D eigenvalue weighted by atomic mass is 9.98. The average molecular weight is 419 g/mol. The Morgan fingerprint density at radius 2 is 2.14 bits per heavy atom. The van der Waals surface area contributed by atoms with Crippen molar-refractivity contribution in [3.05, 3.63) is 29.8 Å². The van der Waals surface area contributed by atoms with Crippen LogP contribution in [0.1, 0.15) is 18.4 Å². The van der Waals surface area contributed by atoms with Gasteiger partial charge in [-0.05, 0) is 37.5 Å². The minimum absolute atomic E-state index is 0.00122. The number of rotatable bonds is 3. The molecule has 0 aliphatic carbocycles. The maximum absolute atomic E-state index is 14.7. The molecule has 0 spiro atoms. The van der Waals surface area contributed by atoms with Gasteiger partial charge in [0.25, 0.3) is 10.0 Å². The van der Waals surface area contributed by atoms with Gasteiger partial charge in [0.2, 0.25) is 0 Å². The summed E-state index contributed by atoms with van der Waals surface area (Å²) in [5.41, 5.74) is 1.43. The third kappa shape index (κ3) is 2.89. The molecule has 3 aromatic rings. The molecule has 1 aromatic carbocycles. The van der Waals surface area contributed by atoms with Gasteiger partial charge in [0, 0.05) is 43.1 Å². The zero-order valence-electron chi connectivity index (χ0n) is 16.2. The van der Waals surface area contributed by atoms with E-state index in [-0.39, 0.29) is 22.5 Å². The summed E-state index contributed by atoms with van der Waals surface area (Å²) >= 11 is 0. The fourth-order valence-corrected chi connectivity index (χ4v) is 6.31. The van der Waals surface area contributed by atoms with Gasteiger partial charge in [0.15, 0.2) is 5.82 Å².